The molecule has 12 rings (SSSR count). The molecule has 14 unspecified atom stereocenters. The number of hydrogen-bond donors (Lipinski definition) is 2. The van der Waals surface area contributed by atoms with Crippen LogP contribution in [-0.4, -0.2) is 57.9 Å². The van der Waals surface area contributed by atoms with Crippen molar-refractivity contribution in [2.24, 2.45) is 74.4 Å². The molecule has 59 heavy (non-hydrogen) atoms. The molecule has 2 aromatic rings. The zero-order valence-electron chi connectivity index (χ0n) is 37.0. The van der Waals surface area contributed by atoms with Crippen molar-refractivity contribution < 1.29 is 24.5 Å². The number of hydrogen-bond acceptors (Lipinski definition) is 6. The minimum atomic E-state index is -1.13. The van der Waals surface area contributed by atoms with E-state index in [0.29, 0.717) is 49.0 Å². The molecule has 1 heterocycles. The van der Waals surface area contributed by atoms with Crippen molar-refractivity contribution in [3.05, 3.63) is 59.0 Å². The Balaban J connectivity index is 1.02. The average Bonchev–Trinajstić information content (AvgIpc) is 3.75. The number of rotatable bonds is 8. The van der Waals surface area contributed by atoms with Crippen LogP contribution in [0.25, 0.3) is 10.1 Å². The van der Waals surface area contributed by atoms with E-state index in [9.17, 15) is 15.0 Å². The Bertz CT molecular complexity index is 2050. The van der Waals surface area contributed by atoms with Crippen LogP contribution >= 0.6 is 11.3 Å². The van der Waals surface area contributed by atoms with Crippen LogP contribution in [0.1, 0.15) is 142 Å². The Morgan fingerprint density at radius 2 is 1.66 bits per heavy atom. The Morgan fingerprint density at radius 3 is 2.41 bits per heavy atom. The molecule has 320 valence electrons. The van der Waals surface area contributed by atoms with Crippen molar-refractivity contribution in [1.82, 2.24) is 4.90 Å². The minimum Gasteiger partial charge on any atom is -0.446 e. The molecular weight excluding hydrogens is 751 g/mol. The molecule has 1 aromatic carbocycles. The van der Waals surface area contributed by atoms with Gasteiger partial charge in [0.2, 0.25) is 0 Å². The highest BCUT2D eigenvalue weighted by atomic mass is 32.1. The lowest BCUT2D eigenvalue weighted by molar-refractivity contribution is -0.177. The van der Waals surface area contributed by atoms with Crippen LogP contribution in [0, 0.1) is 74.4 Å². The van der Waals surface area contributed by atoms with Crippen molar-refractivity contribution in [1.29, 1.82) is 0 Å². The van der Waals surface area contributed by atoms with Crippen molar-refractivity contribution >= 4 is 33.3 Å². The topological polar surface area (TPSA) is 87.1 Å². The van der Waals surface area contributed by atoms with Crippen molar-refractivity contribution in [3.63, 3.8) is 0 Å². The molecule has 4 bridgehead atoms. The molecule has 1 aromatic heterocycles. The van der Waals surface area contributed by atoms with E-state index in [1.165, 1.54) is 19.3 Å². The van der Waals surface area contributed by atoms with Gasteiger partial charge in [-0.3, -0.25) is 4.79 Å². The number of carbonyl (C=O) groups is 2. The fraction of sp³-hybridized carbons (Fsp3) is 0.731. The molecular formula is C52H71NO5S. The molecule has 0 radical (unpaired) electrons. The number of amides is 1. The summed E-state index contributed by atoms with van der Waals surface area (Å²) in [5.41, 5.74) is -1.48. The molecule has 2 N–H and O–H groups in total. The third-order valence-corrected chi connectivity index (χ3v) is 21.1. The number of nitrogens with zero attached hydrogens (tertiary/aromatic N) is 1. The number of ketones is 1. The largest absolute Gasteiger partial charge is 0.446 e. The second-order valence-electron chi connectivity index (χ2n) is 23.1. The van der Waals surface area contributed by atoms with Crippen LogP contribution in [0.15, 0.2) is 54.1 Å². The van der Waals surface area contributed by atoms with E-state index >= 15 is 4.79 Å². The SMILES string of the molecule is CC1CCC(C(C)C)C(OC(=O)N(CC2CCC3CC2C3(C)C)CC2(O)CCC3C45C=CC6(C=C4C(=O)c4cc7ccccc7s4)CC(O)CCC6(C)C5CCC32C)C1. The summed E-state index contributed by atoms with van der Waals surface area (Å²) in [5.74, 6) is 3.46. The van der Waals surface area contributed by atoms with E-state index in [1.807, 2.05) is 17.0 Å². The molecule has 2 spiro atoms. The third-order valence-electron chi connectivity index (χ3n) is 20.0. The Kier molecular flexibility index (Phi) is 9.46. The molecule has 0 saturated heterocycles. The number of Topliss-reactive ketones (excluding diaryl/α,β-unsaturated/α-hetero) is 1. The number of aliphatic hydroxyl groups excluding tert-OH is 1. The molecule has 7 fully saturated rings. The molecule has 0 aliphatic heterocycles. The lowest BCUT2D eigenvalue weighted by atomic mass is 9.32. The van der Waals surface area contributed by atoms with Gasteiger partial charge in [-0.15, -0.1) is 11.3 Å². The number of ether oxygens (including phenoxy) is 1. The van der Waals surface area contributed by atoms with Gasteiger partial charge in [0.15, 0.2) is 5.78 Å². The lowest BCUT2D eigenvalue weighted by Gasteiger charge is -2.71. The highest BCUT2D eigenvalue weighted by Crippen LogP contribution is 2.78. The maximum absolute atomic E-state index is 15.3. The smallest absolute Gasteiger partial charge is 0.410 e. The van der Waals surface area contributed by atoms with Gasteiger partial charge in [0.05, 0.1) is 23.1 Å². The lowest BCUT2D eigenvalue weighted by Crippen LogP contribution is -2.67. The van der Waals surface area contributed by atoms with E-state index in [0.717, 1.165) is 77.8 Å². The molecule has 14 atom stereocenters. The summed E-state index contributed by atoms with van der Waals surface area (Å²) in [4.78, 5) is 33.0. The van der Waals surface area contributed by atoms with Gasteiger partial charge in [-0.1, -0.05) is 91.3 Å². The molecule has 1 amide bonds. The number of thiophene rings is 1. The maximum Gasteiger partial charge on any atom is 0.410 e. The second kappa shape index (κ2) is 13.8. The normalized spacial score (nSPS) is 45.3. The van der Waals surface area contributed by atoms with Gasteiger partial charge >= 0.3 is 6.09 Å². The fourth-order valence-electron chi connectivity index (χ4n) is 16.3. The highest BCUT2D eigenvalue weighted by molar-refractivity contribution is 7.21. The van der Waals surface area contributed by atoms with Crippen LogP contribution < -0.4 is 0 Å². The summed E-state index contributed by atoms with van der Waals surface area (Å²) in [6.07, 6.45) is 18.7. The summed E-state index contributed by atoms with van der Waals surface area (Å²) < 4.78 is 7.81. The molecule has 6 nitrogen and oxygen atoms in total. The van der Waals surface area contributed by atoms with E-state index in [-0.39, 0.29) is 58.7 Å². The molecule has 7 saturated carbocycles. The molecule has 7 heteroatoms. The van der Waals surface area contributed by atoms with Gasteiger partial charge < -0.3 is 19.8 Å². The van der Waals surface area contributed by atoms with Gasteiger partial charge in [-0.25, -0.2) is 4.79 Å². The fourth-order valence-corrected chi connectivity index (χ4v) is 17.3. The van der Waals surface area contributed by atoms with Gasteiger partial charge in [-0.05, 0) is 153 Å². The van der Waals surface area contributed by atoms with Crippen LogP contribution in [0.2, 0.25) is 0 Å². The van der Waals surface area contributed by atoms with E-state index in [4.69, 9.17) is 4.74 Å². The summed E-state index contributed by atoms with van der Waals surface area (Å²) in [6.45, 7) is 17.4. The molecule has 10 aliphatic rings. The predicted molar refractivity (Wildman–Crippen MR) is 236 cm³/mol. The maximum atomic E-state index is 15.3. The van der Waals surface area contributed by atoms with E-state index < -0.39 is 16.4 Å². The van der Waals surface area contributed by atoms with Gasteiger partial charge in [0, 0.05) is 33.1 Å². The van der Waals surface area contributed by atoms with Gasteiger partial charge in [-0.2, -0.15) is 0 Å². The first-order chi connectivity index (χ1) is 27.9. The monoisotopic (exact) mass is 822 g/mol. The first-order valence-electron chi connectivity index (χ1n) is 23.8. The summed E-state index contributed by atoms with van der Waals surface area (Å²) in [7, 11) is 0. The quantitative estimate of drug-likeness (QED) is 0.205. The highest BCUT2D eigenvalue weighted by Gasteiger charge is 2.75. The van der Waals surface area contributed by atoms with Crippen LogP contribution in [0.5, 0.6) is 0 Å². The molecule has 10 aliphatic carbocycles. The number of allylic oxidation sites excluding steroid dienone is 4. The summed E-state index contributed by atoms with van der Waals surface area (Å²) in [5, 5.41) is 25.8. The number of benzene rings is 1. The number of aliphatic hydroxyl groups is 2. The summed E-state index contributed by atoms with van der Waals surface area (Å²) in [6, 6.07) is 10.4. The second-order valence-corrected chi connectivity index (χ2v) is 24.2. The van der Waals surface area contributed by atoms with Crippen molar-refractivity contribution in [2.45, 2.75) is 150 Å². The predicted octanol–water partition coefficient (Wildman–Crippen LogP) is 11.6. The van der Waals surface area contributed by atoms with Crippen LogP contribution in [0.3, 0.4) is 0 Å². The third kappa shape index (κ3) is 5.74. The van der Waals surface area contributed by atoms with Crippen LogP contribution in [-0.2, 0) is 4.74 Å². The van der Waals surface area contributed by atoms with E-state index in [1.54, 1.807) is 11.3 Å². The van der Waals surface area contributed by atoms with Crippen molar-refractivity contribution in [2.75, 3.05) is 13.1 Å². The zero-order valence-corrected chi connectivity index (χ0v) is 37.8. The van der Waals surface area contributed by atoms with Gasteiger partial charge in [0.1, 0.15) is 6.10 Å². The van der Waals surface area contributed by atoms with Gasteiger partial charge in [0.25, 0.3) is 0 Å². The first kappa shape index (κ1) is 40.6. The first-order valence-corrected chi connectivity index (χ1v) is 24.6. The number of fused-ring (bicyclic) bond motifs is 4. The Hall–Kier alpha value is -2.48. The van der Waals surface area contributed by atoms with Crippen molar-refractivity contribution in [3.8, 4) is 0 Å². The summed E-state index contributed by atoms with van der Waals surface area (Å²) >= 11 is 1.59. The zero-order chi connectivity index (χ0) is 41.5. The van der Waals surface area contributed by atoms with Crippen LogP contribution in [0.4, 0.5) is 4.79 Å². The minimum absolute atomic E-state index is 0.0324. The number of carbonyl (C=O) groups excluding carboxylic acids is 2. The standard InChI is InChI=1S/C52H71NO5S/c1-31(2)37-15-12-32(3)24-40(37)58-46(56)53(29-34-13-14-35-26-38(34)47(35,4)5)30-51(57)21-18-44-49(51,7)20-17-43-48(6)19-16-36(54)27-50(48)22-23-52(43,44)39(28-50)45(55)42-25-33-10-8-9-11-41(33)59-42/h8-11,22-23,25,28,31-32,34-38,40,43-44,54,57H,12-21,24,26-27,29-30H2,1-7H3. The Morgan fingerprint density at radius 1 is 0.915 bits per heavy atom. The van der Waals surface area contributed by atoms with E-state index in [2.05, 4.69) is 84.9 Å². The average molecular weight is 822 g/mol. The Labute approximate surface area is 357 Å².